The number of amides is 1. The lowest BCUT2D eigenvalue weighted by atomic mass is 10.0. The summed E-state index contributed by atoms with van der Waals surface area (Å²) in [7, 11) is 1.84. The Labute approximate surface area is 161 Å². The van der Waals surface area contributed by atoms with E-state index >= 15 is 0 Å². The topological polar surface area (TPSA) is 50.2 Å². The van der Waals surface area contributed by atoms with Crippen LogP contribution in [0.25, 0.3) is 5.69 Å². The molecule has 1 fully saturated rings. The second-order valence-corrected chi connectivity index (χ2v) is 6.46. The number of alkyl halides is 3. The van der Waals surface area contributed by atoms with E-state index in [0.29, 0.717) is 24.3 Å². The van der Waals surface area contributed by atoms with Crippen molar-refractivity contribution in [3.8, 4) is 5.69 Å². The first kappa shape index (κ1) is 21.2. The van der Waals surface area contributed by atoms with Gasteiger partial charge in [0.25, 0.3) is 5.91 Å². The van der Waals surface area contributed by atoms with E-state index in [9.17, 15) is 18.0 Å². The maximum atomic E-state index is 13.8. The minimum absolute atomic E-state index is 0. The van der Waals surface area contributed by atoms with Crippen LogP contribution in [0.1, 0.15) is 34.5 Å². The Morgan fingerprint density at radius 1 is 1.22 bits per heavy atom. The van der Waals surface area contributed by atoms with Crippen molar-refractivity contribution >= 4 is 18.3 Å². The van der Waals surface area contributed by atoms with Gasteiger partial charge in [0.2, 0.25) is 0 Å². The number of nitrogens with zero attached hydrogens (tertiary/aromatic N) is 3. The Balaban J connectivity index is 0.00000261. The molecule has 27 heavy (non-hydrogen) atoms. The molecule has 1 aromatic heterocycles. The van der Waals surface area contributed by atoms with E-state index in [2.05, 4.69) is 10.4 Å². The zero-order chi connectivity index (χ0) is 18.9. The van der Waals surface area contributed by atoms with Crippen molar-refractivity contribution in [1.29, 1.82) is 0 Å². The van der Waals surface area contributed by atoms with E-state index in [1.165, 1.54) is 4.90 Å². The predicted octanol–water partition coefficient (Wildman–Crippen LogP) is 3.45. The van der Waals surface area contributed by atoms with Crippen LogP contribution in [-0.4, -0.2) is 46.8 Å². The smallest absolute Gasteiger partial charge is 0.338 e. The molecule has 1 aromatic carbocycles. The fraction of sp³-hybridized carbons (Fsp3) is 0.444. The van der Waals surface area contributed by atoms with Crippen molar-refractivity contribution in [3.63, 3.8) is 0 Å². The summed E-state index contributed by atoms with van der Waals surface area (Å²) in [6, 6.07) is 6.95. The third kappa shape index (κ3) is 4.27. The standard InChI is InChI=1S/C18H21F3N4O.ClH/c1-12-5-3-4-6-15(12)25-16(18(19,20)21)14(11-23-25)17(26)24-9-7-13(22-2)8-10-24;/h3-6,11,13,22H,7-10H2,1-2H3;1H. The largest absolute Gasteiger partial charge is 0.434 e. The number of nitrogens with one attached hydrogen (secondary N) is 1. The number of likely N-dealkylation sites (tertiary alicyclic amines) is 1. The number of carbonyl (C=O) groups excluding carboxylic acids is 1. The SMILES string of the molecule is CNC1CCN(C(=O)c2cnn(-c3ccccc3C)c2C(F)(F)F)CC1.Cl. The van der Waals surface area contributed by atoms with E-state index in [1.54, 1.807) is 31.2 Å². The summed E-state index contributed by atoms with van der Waals surface area (Å²) in [5, 5.41) is 7.03. The quantitative estimate of drug-likeness (QED) is 0.855. The Morgan fingerprint density at radius 2 is 1.85 bits per heavy atom. The first-order valence-electron chi connectivity index (χ1n) is 8.50. The average molecular weight is 403 g/mol. The molecule has 5 nitrogen and oxygen atoms in total. The normalized spacial score (nSPS) is 15.5. The molecule has 0 aliphatic carbocycles. The third-order valence-electron chi connectivity index (χ3n) is 4.80. The van der Waals surface area contributed by atoms with E-state index < -0.39 is 23.3 Å². The number of rotatable bonds is 3. The minimum Gasteiger partial charge on any atom is -0.338 e. The highest BCUT2D eigenvalue weighted by Crippen LogP contribution is 2.35. The molecule has 1 amide bonds. The molecule has 0 unspecified atom stereocenters. The van der Waals surface area contributed by atoms with Gasteiger partial charge in [-0.05, 0) is 38.4 Å². The monoisotopic (exact) mass is 402 g/mol. The Kier molecular flexibility index (Phi) is 6.54. The number of halogens is 4. The molecule has 1 saturated heterocycles. The van der Waals surface area contributed by atoms with E-state index in [0.717, 1.165) is 23.7 Å². The summed E-state index contributed by atoms with van der Waals surface area (Å²) in [6.07, 6.45) is -2.22. The zero-order valence-electron chi connectivity index (χ0n) is 15.1. The molecule has 2 aromatic rings. The Hall–Kier alpha value is -2.06. The van der Waals surface area contributed by atoms with Gasteiger partial charge >= 0.3 is 6.18 Å². The van der Waals surface area contributed by atoms with Gasteiger partial charge in [-0.15, -0.1) is 12.4 Å². The molecule has 3 rings (SSSR count). The molecule has 1 aliphatic rings. The molecular weight excluding hydrogens is 381 g/mol. The van der Waals surface area contributed by atoms with Crippen LogP contribution >= 0.6 is 12.4 Å². The number of carbonyl (C=O) groups is 1. The van der Waals surface area contributed by atoms with Crippen LogP contribution < -0.4 is 5.32 Å². The molecule has 0 atom stereocenters. The van der Waals surface area contributed by atoms with Crippen molar-refractivity contribution in [2.75, 3.05) is 20.1 Å². The molecule has 2 heterocycles. The van der Waals surface area contributed by atoms with Gasteiger partial charge in [0.05, 0.1) is 17.4 Å². The van der Waals surface area contributed by atoms with E-state index in [4.69, 9.17) is 0 Å². The van der Waals surface area contributed by atoms with Crippen molar-refractivity contribution in [3.05, 3.63) is 47.3 Å². The van der Waals surface area contributed by atoms with Crippen LogP contribution in [-0.2, 0) is 6.18 Å². The maximum absolute atomic E-state index is 13.8. The average Bonchev–Trinajstić information content (AvgIpc) is 3.07. The summed E-state index contributed by atoms with van der Waals surface area (Å²) in [5.74, 6) is -0.619. The van der Waals surface area contributed by atoms with Gasteiger partial charge in [-0.1, -0.05) is 18.2 Å². The van der Waals surface area contributed by atoms with Crippen LogP contribution in [0.4, 0.5) is 13.2 Å². The summed E-state index contributed by atoms with van der Waals surface area (Å²) in [4.78, 5) is 14.2. The fourth-order valence-electron chi connectivity index (χ4n) is 3.30. The first-order chi connectivity index (χ1) is 12.3. The summed E-state index contributed by atoms with van der Waals surface area (Å²) in [6.45, 7) is 2.57. The molecule has 1 aliphatic heterocycles. The van der Waals surface area contributed by atoms with Gasteiger partial charge in [0.1, 0.15) is 0 Å². The number of hydrogen-bond donors (Lipinski definition) is 1. The van der Waals surface area contributed by atoms with Crippen molar-refractivity contribution in [2.45, 2.75) is 32.0 Å². The minimum atomic E-state index is -4.69. The first-order valence-corrected chi connectivity index (χ1v) is 8.50. The number of aromatic nitrogens is 2. The van der Waals surface area contributed by atoms with Crippen LogP contribution in [0, 0.1) is 6.92 Å². The lowest BCUT2D eigenvalue weighted by Crippen LogP contribution is -2.44. The predicted molar refractivity (Wildman–Crippen MR) is 98.5 cm³/mol. The highest BCUT2D eigenvalue weighted by Gasteiger charge is 2.41. The summed E-state index contributed by atoms with van der Waals surface area (Å²) >= 11 is 0. The molecule has 0 radical (unpaired) electrons. The lowest BCUT2D eigenvalue weighted by Gasteiger charge is -2.31. The van der Waals surface area contributed by atoms with Gasteiger partial charge in [-0.2, -0.15) is 18.3 Å². The number of piperidine rings is 1. The number of hydrogen-bond acceptors (Lipinski definition) is 3. The van der Waals surface area contributed by atoms with Crippen molar-refractivity contribution in [2.24, 2.45) is 0 Å². The van der Waals surface area contributed by atoms with Crippen molar-refractivity contribution in [1.82, 2.24) is 20.0 Å². The molecule has 9 heteroatoms. The van der Waals surface area contributed by atoms with Gasteiger partial charge in [0, 0.05) is 19.1 Å². The van der Waals surface area contributed by atoms with Gasteiger partial charge in [0.15, 0.2) is 5.69 Å². The second kappa shape index (κ2) is 8.31. The Bertz CT molecular complexity index is 798. The van der Waals surface area contributed by atoms with Crippen LogP contribution in [0.5, 0.6) is 0 Å². The maximum Gasteiger partial charge on any atom is 0.434 e. The van der Waals surface area contributed by atoms with E-state index in [-0.39, 0.29) is 18.4 Å². The molecule has 0 saturated carbocycles. The zero-order valence-corrected chi connectivity index (χ0v) is 15.9. The second-order valence-electron chi connectivity index (χ2n) is 6.46. The molecule has 1 N–H and O–H groups in total. The summed E-state index contributed by atoms with van der Waals surface area (Å²) < 4.78 is 42.1. The van der Waals surface area contributed by atoms with Crippen LogP contribution in [0.3, 0.4) is 0 Å². The highest BCUT2D eigenvalue weighted by molar-refractivity contribution is 5.95. The lowest BCUT2D eigenvalue weighted by molar-refractivity contribution is -0.143. The van der Waals surface area contributed by atoms with Crippen LogP contribution in [0.15, 0.2) is 30.5 Å². The highest BCUT2D eigenvalue weighted by atomic mass is 35.5. The number of para-hydroxylation sites is 1. The fourth-order valence-corrected chi connectivity index (χ4v) is 3.30. The molecule has 148 valence electrons. The van der Waals surface area contributed by atoms with Gasteiger partial charge in [-0.3, -0.25) is 4.79 Å². The third-order valence-corrected chi connectivity index (χ3v) is 4.80. The molecular formula is C18H22ClF3N4O. The Morgan fingerprint density at radius 3 is 2.41 bits per heavy atom. The number of aryl methyl sites for hydroxylation is 1. The summed E-state index contributed by atoms with van der Waals surface area (Å²) in [5.41, 5.74) is -0.459. The molecule has 0 spiro atoms. The van der Waals surface area contributed by atoms with Crippen molar-refractivity contribution < 1.29 is 18.0 Å². The van der Waals surface area contributed by atoms with Gasteiger partial charge < -0.3 is 10.2 Å². The van der Waals surface area contributed by atoms with Crippen LogP contribution in [0.2, 0.25) is 0 Å². The molecule has 0 bridgehead atoms. The van der Waals surface area contributed by atoms with E-state index in [1.807, 2.05) is 7.05 Å². The van der Waals surface area contributed by atoms with Gasteiger partial charge in [-0.25, -0.2) is 4.68 Å². The number of benzene rings is 1.